The van der Waals surface area contributed by atoms with E-state index in [1.807, 2.05) is 0 Å². The van der Waals surface area contributed by atoms with Crippen molar-refractivity contribution < 1.29 is 14.3 Å². The lowest BCUT2D eigenvalue weighted by Crippen LogP contribution is -2.08. The van der Waals surface area contributed by atoms with Gasteiger partial charge in [0.05, 0.1) is 11.8 Å². The van der Waals surface area contributed by atoms with Gasteiger partial charge in [0.1, 0.15) is 0 Å². The van der Waals surface area contributed by atoms with E-state index in [4.69, 9.17) is 0 Å². The monoisotopic (exact) mass is 326 g/mol. The Kier molecular flexibility index (Phi) is 11.0. The second-order valence-electron chi connectivity index (χ2n) is 7.19. The highest BCUT2D eigenvalue weighted by Gasteiger charge is 2.25. The molecule has 0 aromatic carbocycles. The van der Waals surface area contributed by atoms with Crippen molar-refractivity contribution >= 4 is 6.04 Å². The molecular formula is C20H35FO2. The van der Waals surface area contributed by atoms with Crippen LogP contribution in [0.1, 0.15) is 96.8 Å². The number of hydrogen-bond acceptors (Lipinski definition) is 2. The lowest BCUT2D eigenvalue weighted by molar-refractivity contribution is -0.124. The minimum atomic E-state index is -1.56. The molecule has 1 aliphatic rings. The van der Waals surface area contributed by atoms with Crippen molar-refractivity contribution in [3.63, 3.8) is 0 Å². The summed E-state index contributed by atoms with van der Waals surface area (Å²) in [5, 5.41) is 9.37. The maximum absolute atomic E-state index is 12.1. The molecule has 23 heavy (non-hydrogen) atoms. The first kappa shape index (κ1) is 20.2. The van der Waals surface area contributed by atoms with Crippen LogP contribution in [0.2, 0.25) is 0 Å². The molecule has 3 heteroatoms. The predicted molar refractivity (Wildman–Crippen MR) is 94.1 cm³/mol. The van der Waals surface area contributed by atoms with E-state index in [2.05, 4.69) is 6.92 Å². The largest absolute Gasteiger partial charge is 0.512 e. The molecular weight excluding hydrogens is 291 g/mol. The number of rotatable bonds is 13. The molecule has 1 saturated carbocycles. The molecule has 0 bridgehead atoms. The first-order chi connectivity index (χ1) is 11.1. The summed E-state index contributed by atoms with van der Waals surface area (Å²) < 4.78 is 12.1. The molecule has 0 aromatic rings. The van der Waals surface area contributed by atoms with E-state index in [1.54, 1.807) is 0 Å². The van der Waals surface area contributed by atoms with E-state index in [9.17, 15) is 14.3 Å². The maximum Gasteiger partial charge on any atom is 0.328 e. The third-order valence-electron chi connectivity index (χ3n) is 5.28. The van der Waals surface area contributed by atoms with Crippen molar-refractivity contribution in [3.8, 4) is 0 Å². The van der Waals surface area contributed by atoms with Gasteiger partial charge in [-0.3, -0.25) is 4.79 Å². The lowest BCUT2D eigenvalue weighted by Gasteiger charge is -2.19. The van der Waals surface area contributed by atoms with Crippen molar-refractivity contribution in [1.82, 2.24) is 0 Å². The predicted octanol–water partition coefficient (Wildman–Crippen LogP) is 6.65. The van der Waals surface area contributed by atoms with Crippen LogP contribution in [0.25, 0.3) is 0 Å². The Balaban J connectivity index is 2.09. The van der Waals surface area contributed by atoms with Crippen LogP contribution in [0.15, 0.2) is 11.8 Å². The Hall–Kier alpha value is -0.860. The zero-order valence-corrected chi connectivity index (χ0v) is 14.9. The molecule has 0 aromatic heterocycles. The van der Waals surface area contributed by atoms with Gasteiger partial charge in [0, 0.05) is 6.42 Å². The van der Waals surface area contributed by atoms with Gasteiger partial charge in [-0.15, -0.1) is 0 Å². The Labute approximate surface area is 141 Å². The van der Waals surface area contributed by atoms with Crippen LogP contribution >= 0.6 is 0 Å². The summed E-state index contributed by atoms with van der Waals surface area (Å²) in [5.74, 6) is 1.63. The fourth-order valence-corrected chi connectivity index (χ4v) is 3.98. The molecule has 0 saturated heterocycles. The van der Waals surface area contributed by atoms with E-state index >= 15 is 0 Å². The van der Waals surface area contributed by atoms with Crippen LogP contribution in [-0.2, 0) is 4.79 Å². The van der Waals surface area contributed by atoms with Gasteiger partial charge >= 0.3 is 6.04 Å². The Morgan fingerprint density at radius 3 is 2.17 bits per heavy atom. The average molecular weight is 326 g/mol. The molecule has 1 rings (SSSR count). The number of aliphatic hydroxyl groups is 1. The van der Waals surface area contributed by atoms with Crippen LogP contribution in [0.3, 0.4) is 0 Å². The molecule has 2 nitrogen and oxygen atoms in total. The zero-order chi connectivity index (χ0) is 16.9. The molecule has 0 radical (unpaired) electrons. The number of carbonyl (C=O) groups excluding carboxylic acids is 1. The Bertz CT molecular complexity index is 352. The molecule has 0 aliphatic heterocycles. The van der Waals surface area contributed by atoms with Gasteiger partial charge in [-0.05, 0) is 18.3 Å². The standard InChI is InChI=1S/C20H35FO2/c1-2-3-4-5-6-7-11-17-13-10-14-18(17)12-8-9-15-19(22)16-20(21)23/h16-18,22H,2-15H2,1H3/t17-,18-/m0/s1. The van der Waals surface area contributed by atoms with Gasteiger partial charge in [0.2, 0.25) is 0 Å². The Morgan fingerprint density at radius 1 is 1.00 bits per heavy atom. The Morgan fingerprint density at radius 2 is 1.57 bits per heavy atom. The molecule has 0 unspecified atom stereocenters. The number of halogens is 1. The van der Waals surface area contributed by atoms with Crippen molar-refractivity contribution in [3.05, 3.63) is 11.8 Å². The molecule has 0 spiro atoms. The summed E-state index contributed by atoms with van der Waals surface area (Å²) in [5.41, 5.74) is 0. The van der Waals surface area contributed by atoms with Crippen molar-refractivity contribution in [2.24, 2.45) is 11.8 Å². The van der Waals surface area contributed by atoms with Gasteiger partial charge in [-0.1, -0.05) is 84.0 Å². The van der Waals surface area contributed by atoms with Crippen LogP contribution in [-0.4, -0.2) is 11.1 Å². The highest BCUT2D eigenvalue weighted by Crippen LogP contribution is 2.38. The van der Waals surface area contributed by atoms with Crippen LogP contribution in [0.4, 0.5) is 4.39 Å². The topological polar surface area (TPSA) is 37.3 Å². The van der Waals surface area contributed by atoms with Crippen molar-refractivity contribution in [2.75, 3.05) is 0 Å². The van der Waals surface area contributed by atoms with E-state index < -0.39 is 6.04 Å². The van der Waals surface area contributed by atoms with E-state index in [1.165, 1.54) is 70.6 Å². The molecule has 134 valence electrons. The van der Waals surface area contributed by atoms with Gasteiger partial charge in [-0.25, -0.2) is 0 Å². The summed E-state index contributed by atoms with van der Waals surface area (Å²) in [6.07, 6.45) is 18.0. The molecule has 0 amide bonds. The van der Waals surface area contributed by atoms with E-state index in [0.717, 1.165) is 24.7 Å². The first-order valence-corrected chi connectivity index (χ1v) is 9.72. The van der Waals surface area contributed by atoms with Crippen molar-refractivity contribution in [2.45, 2.75) is 96.8 Å². The summed E-state index contributed by atoms with van der Waals surface area (Å²) in [6.45, 7) is 2.26. The highest BCUT2D eigenvalue weighted by molar-refractivity contribution is 5.81. The molecule has 2 atom stereocenters. The van der Waals surface area contributed by atoms with Crippen molar-refractivity contribution in [1.29, 1.82) is 0 Å². The average Bonchev–Trinajstić information content (AvgIpc) is 2.94. The quantitative estimate of drug-likeness (QED) is 0.178. The minimum absolute atomic E-state index is 0.118. The summed E-state index contributed by atoms with van der Waals surface area (Å²) in [4.78, 5) is 10.2. The van der Waals surface area contributed by atoms with Gasteiger partial charge < -0.3 is 5.11 Å². The third kappa shape index (κ3) is 9.78. The first-order valence-electron chi connectivity index (χ1n) is 9.72. The fourth-order valence-electron chi connectivity index (χ4n) is 3.98. The molecule has 1 N–H and O–H groups in total. The number of hydrogen-bond donors (Lipinski definition) is 1. The van der Waals surface area contributed by atoms with Crippen LogP contribution in [0, 0.1) is 11.8 Å². The summed E-state index contributed by atoms with van der Waals surface area (Å²) >= 11 is 0. The molecule has 0 heterocycles. The lowest BCUT2D eigenvalue weighted by atomic mass is 9.87. The normalized spacial score (nSPS) is 21.7. The van der Waals surface area contributed by atoms with Crippen LogP contribution < -0.4 is 0 Å². The third-order valence-corrected chi connectivity index (χ3v) is 5.28. The second-order valence-corrected chi connectivity index (χ2v) is 7.19. The molecule has 1 fully saturated rings. The highest BCUT2D eigenvalue weighted by atomic mass is 19.1. The van der Waals surface area contributed by atoms with Gasteiger partial charge in [0.15, 0.2) is 0 Å². The summed E-state index contributed by atoms with van der Waals surface area (Å²) in [7, 11) is 0. The van der Waals surface area contributed by atoms with Crippen LogP contribution in [0.5, 0.6) is 0 Å². The summed E-state index contributed by atoms with van der Waals surface area (Å²) in [6, 6.07) is -1.56. The number of aliphatic hydroxyl groups excluding tert-OH is 1. The number of allylic oxidation sites excluding steroid dienone is 2. The van der Waals surface area contributed by atoms with Gasteiger partial charge in [-0.2, -0.15) is 4.39 Å². The van der Waals surface area contributed by atoms with E-state index in [-0.39, 0.29) is 5.76 Å². The maximum atomic E-state index is 12.1. The second kappa shape index (κ2) is 12.5. The molecule has 1 aliphatic carbocycles. The number of unbranched alkanes of at least 4 members (excludes halogenated alkanes) is 6. The number of carbonyl (C=O) groups is 1. The minimum Gasteiger partial charge on any atom is -0.512 e. The zero-order valence-electron chi connectivity index (χ0n) is 14.9. The smallest absolute Gasteiger partial charge is 0.328 e. The van der Waals surface area contributed by atoms with Gasteiger partial charge in [0.25, 0.3) is 0 Å². The SMILES string of the molecule is CCCCCCCC[C@H]1CCC[C@@H]1CCCCC(O)=CC(=O)F. The van der Waals surface area contributed by atoms with E-state index in [0.29, 0.717) is 12.5 Å². The fraction of sp³-hybridized carbons (Fsp3) is 0.850.